The molecule has 2 fully saturated rings. The normalized spacial score (nSPS) is 22.3. The molecular weight excluding hydrogens is 358 g/mol. The third-order valence-corrected chi connectivity index (χ3v) is 6.47. The minimum absolute atomic E-state index is 0.0271. The van der Waals surface area contributed by atoms with Gasteiger partial charge in [0, 0.05) is 37.6 Å². The van der Waals surface area contributed by atoms with Gasteiger partial charge in [0.1, 0.15) is 0 Å². The molecule has 2 amide bonds. The van der Waals surface area contributed by atoms with E-state index in [1.165, 1.54) is 5.56 Å². The Morgan fingerprint density at radius 3 is 2.56 bits per heavy atom. The van der Waals surface area contributed by atoms with Crippen LogP contribution in [0.3, 0.4) is 0 Å². The predicted molar refractivity (Wildman–Crippen MR) is 114 cm³/mol. The van der Waals surface area contributed by atoms with Gasteiger partial charge in [0.15, 0.2) is 0 Å². The number of carbonyl (C=O) groups excluding carboxylic acids is 1. The lowest BCUT2D eigenvalue weighted by atomic mass is 9.87. The van der Waals surface area contributed by atoms with Crippen LogP contribution in [0.25, 0.3) is 0 Å². The number of nitrogens with zero attached hydrogens (tertiary/aromatic N) is 2. The molecule has 3 rings (SSSR count). The average molecular weight is 392 g/mol. The van der Waals surface area contributed by atoms with Crippen LogP contribution in [0, 0.1) is 0 Å². The van der Waals surface area contributed by atoms with Crippen LogP contribution in [0.4, 0.5) is 10.5 Å². The number of thioether (sulfide) groups is 1. The molecule has 27 heavy (non-hydrogen) atoms. The summed E-state index contributed by atoms with van der Waals surface area (Å²) >= 11 is 1.96. The van der Waals surface area contributed by atoms with Crippen LogP contribution < -0.4 is 5.32 Å². The quantitative estimate of drug-likeness (QED) is 0.854. The fraction of sp³-hybridized carbons (Fsp3) is 0.667. The van der Waals surface area contributed by atoms with Gasteiger partial charge in [-0.05, 0) is 35.3 Å². The Kier molecular flexibility index (Phi) is 7.06. The van der Waals surface area contributed by atoms with Crippen LogP contribution in [0.1, 0.15) is 32.8 Å². The van der Waals surface area contributed by atoms with Gasteiger partial charge in [-0.3, -0.25) is 4.90 Å². The summed E-state index contributed by atoms with van der Waals surface area (Å²) in [4.78, 5) is 17.5. The van der Waals surface area contributed by atoms with E-state index in [1.54, 1.807) is 0 Å². The van der Waals surface area contributed by atoms with Crippen molar-refractivity contribution in [1.29, 1.82) is 0 Å². The van der Waals surface area contributed by atoms with Crippen LogP contribution >= 0.6 is 11.8 Å². The van der Waals surface area contributed by atoms with E-state index in [0.717, 1.165) is 63.0 Å². The van der Waals surface area contributed by atoms with Gasteiger partial charge in [0.2, 0.25) is 0 Å². The second-order valence-corrected chi connectivity index (χ2v) is 9.60. The minimum Gasteiger partial charge on any atom is -0.379 e. The summed E-state index contributed by atoms with van der Waals surface area (Å²) in [6, 6.07) is 8.53. The van der Waals surface area contributed by atoms with E-state index in [9.17, 15) is 4.79 Å². The molecule has 0 bridgehead atoms. The number of rotatable bonds is 3. The van der Waals surface area contributed by atoms with Crippen molar-refractivity contribution in [3.05, 3.63) is 29.8 Å². The Morgan fingerprint density at radius 1 is 1.19 bits per heavy atom. The van der Waals surface area contributed by atoms with Gasteiger partial charge in [0.05, 0.1) is 19.3 Å². The number of hydrogen-bond acceptors (Lipinski definition) is 4. The van der Waals surface area contributed by atoms with E-state index >= 15 is 0 Å². The zero-order valence-corrected chi connectivity index (χ0v) is 17.7. The van der Waals surface area contributed by atoms with Crippen LogP contribution in [-0.4, -0.2) is 72.8 Å². The van der Waals surface area contributed by atoms with Crippen molar-refractivity contribution < 1.29 is 9.53 Å². The SMILES string of the molecule is CC(C)(C)c1ccc(NC(=O)N2CCCSCC2CN2CCOCC2)cc1. The molecule has 150 valence electrons. The molecule has 0 aromatic heterocycles. The Bertz CT molecular complexity index is 609. The zero-order valence-electron chi connectivity index (χ0n) is 16.9. The number of nitrogens with one attached hydrogen (secondary N) is 1. The maximum absolute atomic E-state index is 13.0. The monoisotopic (exact) mass is 391 g/mol. The minimum atomic E-state index is 0.0271. The van der Waals surface area contributed by atoms with Crippen molar-refractivity contribution in [2.75, 3.05) is 56.2 Å². The number of amides is 2. The Hall–Kier alpha value is -1.24. The van der Waals surface area contributed by atoms with Gasteiger partial charge < -0.3 is 15.0 Å². The largest absolute Gasteiger partial charge is 0.379 e. The van der Waals surface area contributed by atoms with Gasteiger partial charge in [-0.25, -0.2) is 4.79 Å². The smallest absolute Gasteiger partial charge is 0.322 e. The highest BCUT2D eigenvalue weighted by atomic mass is 32.2. The zero-order chi connectivity index (χ0) is 19.3. The standard InChI is InChI=1S/C21H33N3O2S/c1-21(2,3)17-5-7-18(8-6-17)22-20(25)24-9-4-14-27-16-19(24)15-23-10-12-26-13-11-23/h5-8,19H,4,9-16H2,1-3H3,(H,22,25). The second kappa shape index (κ2) is 9.30. The molecule has 1 atom stereocenters. The van der Waals surface area contributed by atoms with E-state index < -0.39 is 0 Å². The summed E-state index contributed by atoms with van der Waals surface area (Å²) < 4.78 is 5.46. The molecule has 5 nitrogen and oxygen atoms in total. The average Bonchev–Trinajstić information content (AvgIpc) is 2.88. The van der Waals surface area contributed by atoms with Crippen molar-refractivity contribution in [2.45, 2.75) is 38.6 Å². The van der Waals surface area contributed by atoms with Gasteiger partial charge >= 0.3 is 6.03 Å². The van der Waals surface area contributed by atoms with Crippen molar-refractivity contribution in [3.63, 3.8) is 0 Å². The van der Waals surface area contributed by atoms with Crippen LogP contribution in [0.5, 0.6) is 0 Å². The lowest BCUT2D eigenvalue weighted by molar-refractivity contribution is 0.0288. The number of hydrogen-bond donors (Lipinski definition) is 1. The first-order valence-electron chi connectivity index (χ1n) is 9.99. The van der Waals surface area contributed by atoms with Crippen LogP contribution in [0.2, 0.25) is 0 Å². The number of urea groups is 1. The summed E-state index contributed by atoms with van der Waals surface area (Å²) in [7, 11) is 0. The first-order chi connectivity index (χ1) is 12.9. The summed E-state index contributed by atoms with van der Waals surface area (Å²) in [5.41, 5.74) is 2.26. The van der Waals surface area contributed by atoms with E-state index in [2.05, 4.69) is 43.1 Å². The lowest BCUT2D eigenvalue weighted by Crippen LogP contribution is -2.51. The first-order valence-corrected chi connectivity index (χ1v) is 11.1. The van der Waals surface area contributed by atoms with E-state index in [1.807, 2.05) is 28.8 Å². The highest BCUT2D eigenvalue weighted by molar-refractivity contribution is 7.99. The highest BCUT2D eigenvalue weighted by Gasteiger charge is 2.28. The molecule has 6 heteroatoms. The van der Waals surface area contributed by atoms with E-state index in [4.69, 9.17) is 4.74 Å². The van der Waals surface area contributed by atoms with Gasteiger partial charge in [0.25, 0.3) is 0 Å². The number of carbonyl (C=O) groups is 1. The van der Waals surface area contributed by atoms with E-state index in [0.29, 0.717) is 0 Å². The Morgan fingerprint density at radius 2 is 1.89 bits per heavy atom. The lowest BCUT2D eigenvalue weighted by Gasteiger charge is -2.35. The van der Waals surface area contributed by atoms with Gasteiger partial charge in [-0.1, -0.05) is 32.9 Å². The molecule has 0 aliphatic carbocycles. The molecule has 2 saturated heterocycles. The summed E-state index contributed by atoms with van der Waals surface area (Å²) in [6.45, 7) is 11.9. The Labute approximate surface area is 167 Å². The topological polar surface area (TPSA) is 44.8 Å². The van der Waals surface area contributed by atoms with Crippen molar-refractivity contribution >= 4 is 23.5 Å². The van der Waals surface area contributed by atoms with Gasteiger partial charge in [-0.2, -0.15) is 11.8 Å². The van der Waals surface area contributed by atoms with Crippen molar-refractivity contribution in [3.8, 4) is 0 Å². The summed E-state index contributed by atoms with van der Waals surface area (Å²) in [5.74, 6) is 2.14. The fourth-order valence-corrected chi connectivity index (χ4v) is 4.64. The predicted octanol–water partition coefficient (Wildman–Crippen LogP) is 3.66. The molecule has 0 radical (unpaired) electrons. The van der Waals surface area contributed by atoms with Crippen LogP contribution in [0.15, 0.2) is 24.3 Å². The molecule has 2 aliphatic heterocycles. The van der Waals surface area contributed by atoms with Gasteiger partial charge in [-0.15, -0.1) is 0 Å². The van der Waals surface area contributed by atoms with Crippen LogP contribution in [-0.2, 0) is 10.2 Å². The summed E-state index contributed by atoms with van der Waals surface area (Å²) in [5, 5.41) is 3.12. The summed E-state index contributed by atoms with van der Waals surface area (Å²) in [6.07, 6.45) is 1.06. The molecule has 2 aliphatic rings. The molecule has 1 aromatic rings. The molecule has 0 spiro atoms. The fourth-order valence-electron chi connectivity index (χ4n) is 3.58. The first kappa shape index (κ1) is 20.5. The number of morpholine rings is 1. The molecule has 2 heterocycles. The number of anilines is 1. The maximum atomic E-state index is 13.0. The molecular formula is C21H33N3O2S. The Balaban J connectivity index is 1.64. The van der Waals surface area contributed by atoms with Crippen molar-refractivity contribution in [1.82, 2.24) is 9.80 Å². The molecule has 1 unspecified atom stereocenters. The molecule has 1 aromatic carbocycles. The molecule has 0 saturated carbocycles. The number of benzene rings is 1. The second-order valence-electron chi connectivity index (χ2n) is 8.45. The maximum Gasteiger partial charge on any atom is 0.322 e. The van der Waals surface area contributed by atoms with E-state index in [-0.39, 0.29) is 17.5 Å². The number of ether oxygens (including phenoxy) is 1. The third-order valence-electron chi connectivity index (χ3n) is 5.27. The highest BCUT2D eigenvalue weighted by Crippen LogP contribution is 2.24. The third kappa shape index (κ3) is 5.87. The van der Waals surface area contributed by atoms with Crippen molar-refractivity contribution in [2.24, 2.45) is 0 Å². The molecule has 1 N–H and O–H groups in total.